The Morgan fingerprint density at radius 2 is 1.58 bits per heavy atom. The maximum Gasteiger partial charge on any atom is 0.336 e. The normalized spacial score (nSPS) is 10.2. The number of carbonyl (C=O) groups is 2. The molecule has 6 nitrogen and oxygen atoms in total. The van der Waals surface area contributed by atoms with Crippen LogP contribution in [0, 0.1) is 0 Å². The number of urea groups is 1. The van der Waals surface area contributed by atoms with Gasteiger partial charge in [-0.2, -0.15) is 0 Å². The molecule has 2 N–H and O–H groups in total. The second-order valence-electron chi connectivity index (χ2n) is 5.17. The molecule has 0 spiro atoms. The van der Waals surface area contributed by atoms with Crippen molar-refractivity contribution in [3.05, 3.63) is 46.4 Å². The van der Waals surface area contributed by atoms with Gasteiger partial charge in [-0.25, -0.2) is 9.10 Å². The third kappa shape index (κ3) is 5.20. The molecule has 2 aromatic carbocycles. The van der Waals surface area contributed by atoms with Crippen molar-refractivity contribution in [3.8, 4) is 5.75 Å². The van der Waals surface area contributed by atoms with Crippen molar-refractivity contribution in [1.29, 1.82) is 0 Å². The molecule has 9 heteroatoms. The van der Waals surface area contributed by atoms with Gasteiger partial charge in [0.1, 0.15) is 0 Å². The Balaban J connectivity index is 2.11. The van der Waals surface area contributed by atoms with E-state index in [1.54, 1.807) is 24.3 Å². The van der Waals surface area contributed by atoms with Gasteiger partial charge < -0.3 is 15.4 Å². The maximum absolute atomic E-state index is 12.4. The summed E-state index contributed by atoms with van der Waals surface area (Å²) in [7, 11) is 0. The molecule has 138 valence electrons. The van der Waals surface area contributed by atoms with Crippen molar-refractivity contribution in [3.63, 3.8) is 0 Å². The highest BCUT2D eigenvalue weighted by Gasteiger charge is 2.17. The summed E-state index contributed by atoms with van der Waals surface area (Å²) in [5.74, 6) is 0.183. The molecule has 0 saturated heterocycles. The smallest absolute Gasteiger partial charge is 0.336 e. The number of amides is 3. The first-order valence-corrected chi connectivity index (χ1v) is 8.77. The zero-order valence-electron chi connectivity index (χ0n) is 14.0. The number of benzene rings is 2. The van der Waals surface area contributed by atoms with Gasteiger partial charge in [0.2, 0.25) is 5.91 Å². The number of hydrogen-bond acceptors (Lipinski definition) is 4. The van der Waals surface area contributed by atoms with Crippen molar-refractivity contribution < 1.29 is 14.3 Å². The fourth-order valence-corrected chi connectivity index (χ4v) is 2.83. The van der Waals surface area contributed by atoms with E-state index in [1.165, 1.54) is 19.1 Å². The van der Waals surface area contributed by atoms with Gasteiger partial charge in [0.25, 0.3) is 0 Å². The summed E-state index contributed by atoms with van der Waals surface area (Å²) < 4.78 is 6.44. The van der Waals surface area contributed by atoms with Gasteiger partial charge >= 0.3 is 6.03 Å². The van der Waals surface area contributed by atoms with E-state index in [9.17, 15) is 9.59 Å². The lowest BCUT2D eigenvalue weighted by Gasteiger charge is -2.18. The van der Waals surface area contributed by atoms with Crippen LogP contribution in [-0.2, 0) is 4.79 Å². The summed E-state index contributed by atoms with van der Waals surface area (Å²) in [6.07, 6.45) is 0. The number of anilines is 3. The SMILES string of the molecule is CCOc1c(Cl)cc(N(S)C(=O)Nc2ccc(NC(C)=O)cc2)cc1Cl. The molecule has 0 unspecified atom stereocenters. The minimum absolute atomic E-state index is 0.174. The van der Waals surface area contributed by atoms with Gasteiger partial charge in [-0.05, 0) is 43.3 Å². The molecular weight excluding hydrogens is 397 g/mol. The largest absolute Gasteiger partial charge is 0.491 e. The standard InChI is InChI=1S/C17H17Cl2N3O3S/c1-3-25-16-14(18)8-13(9-15(16)19)22(26)17(24)21-12-6-4-11(5-7-12)20-10(2)23/h4-9,26H,3H2,1-2H3,(H,20,23)(H,21,24). The molecular formula is C17H17Cl2N3O3S. The van der Waals surface area contributed by atoms with Gasteiger partial charge in [0.15, 0.2) is 5.75 Å². The highest BCUT2D eigenvalue weighted by molar-refractivity contribution is 7.82. The van der Waals surface area contributed by atoms with Crippen LogP contribution in [0.25, 0.3) is 0 Å². The number of ether oxygens (including phenoxy) is 1. The molecule has 0 heterocycles. The van der Waals surface area contributed by atoms with Crippen LogP contribution in [0.5, 0.6) is 5.75 Å². The van der Waals surface area contributed by atoms with Crippen LogP contribution in [0.3, 0.4) is 0 Å². The molecule has 0 aromatic heterocycles. The summed E-state index contributed by atoms with van der Waals surface area (Å²) in [4.78, 5) is 23.4. The van der Waals surface area contributed by atoms with Gasteiger partial charge in [0.05, 0.1) is 22.3 Å². The Bertz CT molecular complexity index is 792. The van der Waals surface area contributed by atoms with Crippen LogP contribution in [-0.4, -0.2) is 18.5 Å². The first-order valence-electron chi connectivity index (χ1n) is 7.61. The first-order chi connectivity index (χ1) is 12.3. The average Bonchev–Trinajstić information content (AvgIpc) is 2.58. The maximum atomic E-state index is 12.4. The van der Waals surface area contributed by atoms with Crippen LogP contribution >= 0.6 is 36.0 Å². The van der Waals surface area contributed by atoms with E-state index in [4.69, 9.17) is 27.9 Å². The number of nitrogens with one attached hydrogen (secondary N) is 2. The minimum atomic E-state index is -0.503. The molecule has 0 saturated carbocycles. The van der Waals surface area contributed by atoms with Crippen molar-refractivity contribution in [2.45, 2.75) is 13.8 Å². The molecule has 2 aromatic rings. The number of hydrogen-bond donors (Lipinski definition) is 3. The van der Waals surface area contributed by atoms with Gasteiger partial charge in [0, 0.05) is 18.3 Å². The molecule has 3 amide bonds. The summed E-state index contributed by atoms with van der Waals surface area (Å²) in [5, 5.41) is 5.88. The number of thiol groups is 1. The van der Waals surface area contributed by atoms with E-state index in [-0.39, 0.29) is 16.0 Å². The highest BCUT2D eigenvalue weighted by atomic mass is 35.5. The van der Waals surface area contributed by atoms with Gasteiger partial charge in [-0.1, -0.05) is 36.0 Å². The van der Waals surface area contributed by atoms with Crippen LogP contribution in [0.1, 0.15) is 13.8 Å². The lowest BCUT2D eigenvalue weighted by molar-refractivity contribution is -0.114. The fraction of sp³-hybridized carbons (Fsp3) is 0.176. The lowest BCUT2D eigenvalue weighted by atomic mass is 10.2. The Morgan fingerprint density at radius 1 is 1.08 bits per heavy atom. The van der Waals surface area contributed by atoms with E-state index in [2.05, 4.69) is 23.4 Å². The summed E-state index contributed by atoms with van der Waals surface area (Å²) in [5.41, 5.74) is 1.55. The zero-order chi connectivity index (χ0) is 19.3. The molecule has 0 aliphatic rings. The van der Waals surface area contributed by atoms with Crippen molar-refractivity contribution in [1.82, 2.24) is 0 Å². The van der Waals surface area contributed by atoms with E-state index < -0.39 is 6.03 Å². The molecule has 0 aliphatic heterocycles. The number of carbonyl (C=O) groups excluding carboxylic acids is 2. The molecule has 2 rings (SSSR count). The second-order valence-corrected chi connectivity index (χ2v) is 6.39. The Hall–Kier alpha value is -2.09. The fourth-order valence-electron chi connectivity index (χ4n) is 2.08. The monoisotopic (exact) mass is 413 g/mol. The summed E-state index contributed by atoms with van der Waals surface area (Å²) >= 11 is 16.5. The van der Waals surface area contributed by atoms with Crippen LogP contribution in [0.2, 0.25) is 10.0 Å². The van der Waals surface area contributed by atoms with E-state index >= 15 is 0 Å². The van der Waals surface area contributed by atoms with Crippen molar-refractivity contribution >= 4 is 65.0 Å². The van der Waals surface area contributed by atoms with E-state index in [0.29, 0.717) is 29.4 Å². The van der Waals surface area contributed by atoms with Crippen LogP contribution in [0.4, 0.5) is 21.9 Å². The minimum Gasteiger partial charge on any atom is -0.491 e. The molecule has 26 heavy (non-hydrogen) atoms. The molecule has 0 radical (unpaired) electrons. The number of nitrogens with zero attached hydrogens (tertiary/aromatic N) is 1. The number of rotatable bonds is 5. The summed E-state index contributed by atoms with van der Waals surface area (Å²) in [6, 6.07) is 9.22. The molecule has 0 atom stereocenters. The predicted octanol–water partition coefficient (Wildman–Crippen LogP) is 5.23. The number of halogens is 2. The quantitative estimate of drug-likeness (QED) is 0.587. The van der Waals surface area contributed by atoms with Crippen molar-refractivity contribution in [2.24, 2.45) is 0 Å². The average molecular weight is 414 g/mol. The Labute approximate surface area is 167 Å². The third-order valence-electron chi connectivity index (χ3n) is 3.17. The molecule has 0 fully saturated rings. The lowest BCUT2D eigenvalue weighted by Crippen LogP contribution is -2.26. The van der Waals surface area contributed by atoms with Gasteiger partial charge in [-0.3, -0.25) is 4.79 Å². The topological polar surface area (TPSA) is 70.7 Å². The van der Waals surface area contributed by atoms with Crippen LogP contribution in [0.15, 0.2) is 36.4 Å². The third-order valence-corrected chi connectivity index (χ3v) is 4.14. The second kappa shape index (κ2) is 9.02. The molecule has 0 bridgehead atoms. The first kappa shape index (κ1) is 20.2. The Morgan fingerprint density at radius 3 is 2.04 bits per heavy atom. The van der Waals surface area contributed by atoms with Crippen LogP contribution < -0.4 is 19.7 Å². The molecule has 0 aliphatic carbocycles. The van der Waals surface area contributed by atoms with E-state index in [0.717, 1.165) is 4.31 Å². The Kier molecular flexibility index (Phi) is 7.02. The zero-order valence-corrected chi connectivity index (χ0v) is 16.5. The van der Waals surface area contributed by atoms with E-state index in [1.807, 2.05) is 6.92 Å². The van der Waals surface area contributed by atoms with Crippen molar-refractivity contribution in [2.75, 3.05) is 21.5 Å². The highest BCUT2D eigenvalue weighted by Crippen LogP contribution is 2.37. The summed E-state index contributed by atoms with van der Waals surface area (Å²) in [6.45, 7) is 3.65. The predicted molar refractivity (Wildman–Crippen MR) is 109 cm³/mol. The van der Waals surface area contributed by atoms with Gasteiger partial charge in [-0.15, -0.1) is 0 Å².